The van der Waals surface area contributed by atoms with E-state index in [9.17, 15) is 9.59 Å². The molecule has 0 aromatic rings. The molecule has 0 aliphatic rings. The van der Waals surface area contributed by atoms with Crippen LogP contribution in [0.2, 0.25) is 0 Å². The van der Waals surface area contributed by atoms with Crippen molar-refractivity contribution in [2.45, 2.75) is 25.3 Å². The second-order valence-electron chi connectivity index (χ2n) is 2.95. The van der Waals surface area contributed by atoms with Gasteiger partial charge < -0.3 is 21.9 Å². The van der Waals surface area contributed by atoms with Crippen molar-refractivity contribution in [1.29, 1.82) is 0 Å². The lowest BCUT2D eigenvalue weighted by atomic mass is 10.1. The first-order valence-corrected chi connectivity index (χ1v) is 4.54. The topological polar surface area (TPSA) is 118 Å². The minimum absolute atomic E-state index is 0.194. The summed E-state index contributed by atoms with van der Waals surface area (Å²) >= 11 is 0. The first kappa shape index (κ1) is 12.9. The summed E-state index contributed by atoms with van der Waals surface area (Å²) < 4.78 is 0. The van der Waals surface area contributed by atoms with Crippen molar-refractivity contribution in [3.63, 3.8) is 0 Å². The summed E-state index contributed by atoms with van der Waals surface area (Å²) in [5.74, 6) is -1.49. The number of hydrogen-bond acceptors (Lipinski definition) is 4. The minimum atomic E-state index is -1.04. The maximum atomic E-state index is 10.8. The maximum Gasteiger partial charge on any atom is 0.326 e. The van der Waals surface area contributed by atoms with E-state index in [4.69, 9.17) is 16.6 Å². The van der Waals surface area contributed by atoms with E-state index >= 15 is 0 Å². The number of carboxylic acid groups (broad SMARTS) is 1. The largest absolute Gasteiger partial charge is 0.480 e. The van der Waals surface area contributed by atoms with Crippen LogP contribution in [0.5, 0.6) is 0 Å². The molecule has 0 saturated carbocycles. The minimum Gasteiger partial charge on any atom is -0.480 e. The normalized spacial score (nSPS) is 12.1. The predicted octanol–water partition coefficient (Wildman–Crippen LogP) is -1.36. The summed E-state index contributed by atoms with van der Waals surface area (Å²) in [5, 5.41) is 11.1. The Kier molecular flexibility index (Phi) is 6.69. The average Bonchev–Trinajstić information content (AvgIpc) is 2.16. The van der Waals surface area contributed by atoms with Crippen LogP contribution in [-0.4, -0.2) is 36.1 Å². The van der Waals surface area contributed by atoms with Gasteiger partial charge in [0.25, 0.3) is 0 Å². The zero-order chi connectivity index (χ0) is 11.0. The molecular formula is C8H17N3O3. The highest BCUT2D eigenvalue weighted by Gasteiger charge is 2.18. The quantitative estimate of drug-likeness (QED) is 0.381. The highest BCUT2D eigenvalue weighted by atomic mass is 16.4. The molecule has 0 rings (SSSR count). The number of rotatable bonds is 7. The number of unbranched alkanes of at least 4 members (excludes halogenated alkanes) is 1. The lowest BCUT2D eigenvalue weighted by molar-refractivity contribution is -0.141. The first-order valence-electron chi connectivity index (χ1n) is 4.54. The summed E-state index contributed by atoms with van der Waals surface area (Å²) in [6, 6.07) is -0.849. The van der Waals surface area contributed by atoms with Crippen LogP contribution in [0.1, 0.15) is 19.3 Å². The molecule has 6 nitrogen and oxygen atoms in total. The second kappa shape index (κ2) is 7.28. The molecule has 0 spiro atoms. The Morgan fingerprint density at radius 1 is 1.29 bits per heavy atom. The van der Waals surface area contributed by atoms with E-state index in [-0.39, 0.29) is 6.54 Å². The molecule has 14 heavy (non-hydrogen) atoms. The number of aliphatic carboxylic acids is 1. The highest BCUT2D eigenvalue weighted by molar-refractivity contribution is 5.84. The lowest BCUT2D eigenvalue weighted by Crippen LogP contribution is -2.43. The summed E-state index contributed by atoms with van der Waals surface area (Å²) in [6.07, 6.45) is 1.82. The van der Waals surface area contributed by atoms with Crippen molar-refractivity contribution in [1.82, 2.24) is 5.32 Å². The van der Waals surface area contributed by atoms with Gasteiger partial charge in [-0.05, 0) is 25.8 Å². The molecule has 6 heteroatoms. The van der Waals surface area contributed by atoms with Crippen LogP contribution in [0.4, 0.5) is 0 Å². The molecule has 0 saturated heterocycles. The van der Waals surface area contributed by atoms with Crippen molar-refractivity contribution in [3.05, 3.63) is 0 Å². The van der Waals surface area contributed by atoms with E-state index in [1.807, 2.05) is 0 Å². The first-order chi connectivity index (χ1) is 6.61. The number of nitrogens with one attached hydrogen (secondary N) is 1. The SMILES string of the molecule is NCCCC[C@@H](NC(=O)CN)C(=O)O. The molecule has 82 valence electrons. The van der Waals surface area contributed by atoms with Crippen molar-refractivity contribution in [2.75, 3.05) is 13.1 Å². The Hall–Kier alpha value is -1.14. The molecular weight excluding hydrogens is 186 g/mol. The molecule has 1 atom stereocenters. The summed E-state index contributed by atoms with van der Waals surface area (Å²) in [7, 11) is 0. The fourth-order valence-corrected chi connectivity index (χ4v) is 1.00. The van der Waals surface area contributed by atoms with E-state index in [2.05, 4.69) is 5.32 Å². The summed E-state index contributed by atoms with van der Waals surface area (Å²) in [6.45, 7) is 0.331. The molecule has 0 aliphatic carbocycles. The zero-order valence-corrected chi connectivity index (χ0v) is 8.03. The van der Waals surface area contributed by atoms with Gasteiger partial charge in [0.1, 0.15) is 6.04 Å². The van der Waals surface area contributed by atoms with Gasteiger partial charge in [-0.2, -0.15) is 0 Å². The molecule has 6 N–H and O–H groups in total. The Morgan fingerprint density at radius 3 is 2.36 bits per heavy atom. The van der Waals surface area contributed by atoms with Crippen LogP contribution in [0.15, 0.2) is 0 Å². The van der Waals surface area contributed by atoms with Crippen molar-refractivity contribution >= 4 is 11.9 Å². The van der Waals surface area contributed by atoms with Gasteiger partial charge in [-0.15, -0.1) is 0 Å². The van der Waals surface area contributed by atoms with Crippen LogP contribution in [-0.2, 0) is 9.59 Å². The van der Waals surface area contributed by atoms with E-state index < -0.39 is 17.9 Å². The Labute approximate surface area is 82.6 Å². The van der Waals surface area contributed by atoms with E-state index in [0.717, 1.165) is 6.42 Å². The third-order valence-corrected chi connectivity index (χ3v) is 1.77. The van der Waals surface area contributed by atoms with Gasteiger partial charge in [0.15, 0.2) is 0 Å². The van der Waals surface area contributed by atoms with Gasteiger partial charge in [0, 0.05) is 0 Å². The van der Waals surface area contributed by atoms with E-state index in [1.165, 1.54) is 0 Å². The van der Waals surface area contributed by atoms with Gasteiger partial charge in [0.2, 0.25) is 5.91 Å². The van der Waals surface area contributed by atoms with Crippen LogP contribution in [0.3, 0.4) is 0 Å². The lowest BCUT2D eigenvalue weighted by Gasteiger charge is -2.13. The van der Waals surface area contributed by atoms with E-state index in [1.54, 1.807) is 0 Å². The Bertz CT molecular complexity index is 196. The van der Waals surface area contributed by atoms with Crippen molar-refractivity contribution in [3.8, 4) is 0 Å². The smallest absolute Gasteiger partial charge is 0.326 e. The number of nitrogens with two attached hydrogens (primary N) is 2. The fraction of sp³-hybridized carbons (Fsp3) is 0.750. The molecule has 0 fully saturated rings. The monoisotopic (exact) mass is 203 g/mol. The molecule has 0 unspecified atom stereocenters. The molecule has 0 aromatic heterocycles. The molecule has 0 heterocycles. The van der Waals surface area contributed by atoms with E-state index in [0.29, 0.717) is 19.4 Å². The standard InChI is InChI=1S/C8H17N3O3/c9-4-2-1-3-6(8(13)14)11-7(12)5-10/h6H,1-5,9-10H2,(H,11,12)(H,13,14)/t6-/m1/s1. The molecule has 0 aromatic carbocycles. The molecule has 0 aliphatic heterocycles. The molecule has 0 radical (unpaired) electrons. The Balaban J connectivity index is 3.90. The van der Waals surface area contributed by atoms with Gasteiger partial charge in [-0.3, -0.25) is 4.79 Å². The third-order valence-electron chi connectivity index (χ3n) is 1.77. The average molecular weight is 203 g/mol. The fourth-order valence-electron chi connectivity index (χ4n) is 1.00. The highest BCUT2D eigenvalue weighted by Crippen LogP contribution is 2.00. The number of hydrogen-bond donors (Lipinski definition) is 4. The number of carbonyl (C=O) groups is 2. The predicted molar refractivity (Wildman–Crippen MR) is 51.5 cm³/mol. The van der Waals surface area contributed by atoms with Crippen LogP contribution in [0.25, 0.3) is 0 Å². The van der Waals surface area contributed by atoms with Gasteiger partial charge in [-0.25, -0.2) is 4.79 Å². The summed E-state index contributed by atoms with van der Waals surface area (Å²) in [5.41, 5.74) is 10.3. The maximum absolute atomic E-state index is 10.8. The van der Waals surface area contributed by atoms with Crippen molar-refractivity contribution < 1.29 is 14.7 Å². The van der Waals surface area contributed by atoms with Gasteiger partial charge in [-0.1, -0.05) is 0 Å². The molecule has 0 bridgehead atoms. The second-order valence-corrected chi connectivity index (χ2v) is 2.95. The van der Waals surface area contributed by atoms with Crippen LogP contribution in [0, 0.1) is 0 Å². The summed E-state index contributed by atoms with van der Waals surface area (Å²) in [4.78, 5) is 21.5. The Morgan fingerprint density at radius 2 is 1.93 bits per heavy atom. The number of carboxylic acids is 1. The van der Waals surface area contributed by atoms with Gasteiger partial charge >= 0.3 is 5.97 Å². The molecule has 1 amide bonds. The van der Waals surface area contributed by atoms with Gasteiger partial charge in [0.05, 0.1) is 6.54 Å². The zero-order valence-electron chi connectivity index (χ0n) is 8.03. The van der Waals surface area contributed by atoms with Crippen molar-refractivity contribution in [2.24, 2.45) is 11.5 Å². The van der Waals surface area contributed by atoms with Crippen LogP contribution >= 0.6 is 0 Å². The number of amides is 1. The van der Waals surface area contributed by atoms with Crippen LogP contribution < -0.4 is 16.8 Å². The third kappa shape index (κ3) is 5.50. The number of carbonyl (C=O) groups excluding carboxylic acids is 1.